The quantitative estimate of drug-likeness (QED) is 0.144. The van der Waals surface area contributed by atoms with Crippen LogP contribution >= 0.6 is 0 Å². The van der Waals surface area contributed by atoms with E-state index in [1.54, 1.807) is 12.1 Å². The summed E-state index contributed by atoms with van der Waals surface area (Å²) in [6.45, 7) is 9.06. The largest absolute Gasteiger partial charge is 0.481 e. The number of anilines is 1. The summed E-state index contributed by atoms with van der Waals surface area (Å²) in [7, 11) is 1.24. The Kier molecular flexibility index (Phi) is 11.2. The van der Waals surface area contributed by atoms with Gasteiger partial charge in [-0.25, -0.2) is 18.7 Å². The monoisotopic (exact) mass is 774 g/mol. The summed E-state index contributed by atoms with van der Waals surface area (Å²) in [4.78, 5) is 25.5. The third kappa shape index (κ3) is 7.28. The predicted octanol–water partition coefficient (Wildman–Crippen LogP) is 7.37. The number of halogens is 5. The highest BCUT2D eigenvalue weighted by atomic mass is 19.4. The zero-order valence-electron chi connectivity index (χ0n) is 31.5. The lowest BCUT2D eigenvalue weighted by atomic mass is 9.95. The Hall–Kier alpha value is -5.20. The molecule has 0 amide bonds. The van der Waals surface area contributed by atoms with Gasteiger partial charge in [0, 0.05) is 48.9 Å². The van der Waals surface area contributed by atoms with Crippen molar-refractivity contribution in [1.82, 2.24) is 35.1 Å². The maximum atomic E-state index is 16.8. The summed E-state index contributed by atoms with van der Waals surface area (Å²) in [6.07, 6.45) is 8.21. The van der Waals surface area contributed by atoms with Gasteiger partial charge in [0.2, 0.25) is 11.7 Å². The Bertz CT molecular complexity index is 2270. The number of pyridine rings is 1. The van der Waals surface area contributed by atoms with Gasteiger partial charge in [0.25, 0.3) is 0 Å². The number of nitrogens with one attached hydrogen (secondary N) is 1. The van der Waals surface area contributed by atoms with Crippen LogP contribution in [-0.4, -0.2) is 87.8 Å². The summed E-state index contributed by atoms with van der Waals surface area (Å²) in [5.41, 5.74) is 1.61. The van der Waals surface area contributed by atoms with E-state index in [2.05, 4.69) is 35.7 Å². The second kappa shape index (κ2) is 16.1. The highest BCUT2D eigenvalue weighted by molar-refractivity contribution is 6.02. The van der Waals surface area contributed by atoms with Gasteiger partial charge in [0.05, 0.1) is 29.3 Å². The second-order valence-corrected chi connectivity index (χ2v) is 14.0. The van der Waals surface area contributed by atoms with E-state index in [1.165, 1.54) is 19.2 Å². The van der Waals surface area contributed by atoms with E-state index in [9.17, 15) is 17.6 Å². The Labute approximate surface area is 321 Å². The fourth-order valence-corrected chi connectivity index (χ4v) is 8.38. The Morgan fingerprint density at radius 2 is 1.77 bits per heavy atom. The predicted molar refractivity (Wildman–Crippen MR) is 204 cm³/mol. The molecule has 7 heterocycles. The van der Waals surface area contributed by atoms with Crippen LogP contribution in [0.3, 0.4) is 0 Å². The van der Waals surface area contributed by atoms with Crippen LogP contribution in [0.1, 0.15) is 63.0 Å². The lowest BCUT2D eigenvalue weighted by Crippen LogP contribution is -2.51. The maximum absolute atomic E-state index is 16.8. The van der Waals surface area contributed by atoms with Gasteiger partial charge in [-0.05, 0) is 63.1 Å². The summed E-state index contributed by atoms with van der Waals surface area (Å²) in [6, 6.07) is 10.1. The number of hydrogen-bond donors (Lipinski definition) is 1. The number of methoxy groups -OCH3 is 1. The Morgan fingerprint density at radius 1 is 0.982 bits per heavy atom. The van der Waals surface area contributed by atoms with Gasteiger partial charge in [0.1, 0.15) is 29.5 Å². The van der Waals surface area contributed by atoms with Crippen molar-refractivity contribution in [1.29, 1.82) is 0 Å². The van der Waals surface area contributed by atoms with Gasteiger partial charge in [-0.1, -0.05) is 44.0 Å². The fraction of sp³-hybridized carbons (Fsp3) is 0.439. The molecule has 0 aliphatic carbocycles. The average molecular weight is 775 g/mol. The molecular weight excluding hydrogens is 731 g/mol. The molecule has 1 unspecified atom stereocenters. The van der Waals surface area contributed by atoms with Crippen LogP contribution in [0.2, 0.25) is 0 Å². The number of rotatable bonds is 5. The highest BCUT2D eigenvalue weighted by Gasteiger charge is 2.45. The first-order chi connectivity index (χ1) is 27.1. The molecule has 3 saturated heterocycles. The number of benzene rings is 2. The number of nitrogens with zero attached hydrogens (tertiary/aromatic N) is 7. The summed E-state index contributed by atoms with van der Waals surface area (Å²) in [5, 5.41) is 5.32. The van der Waals surface area contributed by atoms with Gasteiger partial charge < -0.3 is 19.7 Å². The van der Waals surface area contributed by atoms with Crippen molar-refractivity contribution in [3.63, 3.8) is 0 Å². The number of alkyl halides is 3. The average Bonchev–Trinajstić information content (AvgIpc) is 3.77. The standard InChI is InChI=1S/C33H32F2N6O.C6H5F3N2O.C2H6/c1-2-22-24(34)10-8-20-6-3-7-23(26(20)22)29-28(35)30-27-25(37-29)11-9-21-18-36-14-17-41(21)31(27)39-32(38-30)42-19-33-12-4-15-40(33)16-5-13-33;1-12-4-2-3-10-5(11-4)6(7,8)9;1-2/h1,3,6-8,10,21,36H,4-5,9,11-19H2;2-3H,1H3;1-2H3. The van der Waals surface area contributed by atoms with Crippen molar-refractivity contribution in [2.75, 3.05) is 51.3 Å². The molecule has 2 aromatic carbocycles. The molecule has 4 aliphatic rings. The lowest BCUT2D eigenvalue weighted by molar-refractivity contribution is -0.145. The number of piperazine rings is 1. The third-order valence-corrected chi connectivity index (χ3v) is 10.9. The molecule has 294 valence electrons. The molecule has 3 fully saturated rings. The summed E-state index contributed by atoms with van der Waals surface area (Å²) >= 11 is 0. The first-order valence-electron chi connectivity index (χ1n) is 19.0. The molecule has 15 heteroatoms. The van der Waals surface area contributed by atoms with Gasteiger partial charge in [-0.3, -0.25) is 4.90 Å². The van der Waals surface area contributed by atoms with E-state index in [0.29, 0.717) is 35.2 Å². The van der Waals surface area contributed by atoms with Crippen LogP contribution in [0, 0.1) is 24.0 Å². The van der Waals surface area contributed by atoms with Crippen LogP contribution in [0.4, 0.5) is 27.8 Å². The lowest BCUT2D eigenvalue weighted by Gasteiger charge is -2.36. The van der Waals surface area contributed by atoms with E-state index in [0.717, 1.165) is 82.1 Å². The topological polar surface area (TPSA) is 101 Å². The van der Waals surface area contributed by atoms with Gasteiger partial charge in [0.15, 0.2) is 5.82 Å². The Balaban J connectivity index is 0.000000294. The zero-order valence-corrected chi connectivity index (χ0v) is 31.5. The van der Waals surface area contributed by atoms with E-state index in [4.69, 9.17) is 26.1 Å². The molecule has 0 radical (unpaired) electrons. The number of aromatic nitrogens is 5. The van der Waals surface area contributed by atoms with Crippen molar-refractivity contribution in [3.05, 3.63) is 71.3 Å². The fourth-order valence-electron chi connectivity index (χ4n) is 8.38. The normalized spacial score (nSPS) is 18.5. The number of hydrogen-bond acceptors (Lipinski definition) is 10. The highest BCUT2D eigenvalue weighted by Crippen LogP contribution is 2.42. The minimum atomic E-state index is -4.52. The molecule has 56 heavy (non-hydrogen) atoms. The maximum Gasteiger partial charge on any atom is 0.451 e. The first-order valence-corrected chi connectivity index (χ1v) is 19.0. The van der Waals surface area contributed by atoms with Crippen molar-refractivity contribution in [3.8, 4) is 35.5 Å². The molecule has 10 nitrogen and oxygen atoms in total. The smallest absolute Gasteiger partial charge is 0.451 e. The number of aryl methyl sites for hydroxylation is 1. The van der Waals surface area contributed by atoms with Crippen molar-refractivity contribution in [2.24, 2.45) is 0 Å². The summed E-state index contributed by atoms with van der Waals surface area (Å²) in [5.74, 6) is 0.783. The van der Waals surface area contributed by atoms with Crippen LogP contribution in [0.5, 0.6) is 11.9 Å². The van der Waals surface area contributed by atoms with E-state index in [-0.39, 0.29) is 40.2 Å². The van der Waals surface area contributed by atoms with Crippen LogP contribution in [-0.2, 0) is 12.6 Å². The molecule has 0 saturated carbocycles. The first kappa shape index (κ1) is 39.1. The summed E-state index contributed by atoms with van der Waals surface area (Å²) < 4.78 is 78.3. The molecule has 5 aromatic rings. The van der Waals surface area contributed by atoms with Crippen molar-refractivity contribution in [2.45, 2.75) is 70.1 Å². The minimum absolute atomic E-state index is 0.00970. The van der Waals surface area contributed by atoms with Crippen LogP contribution in [0.15, 0.2) is 42.6 Å². The van der Waals surface area contributed by atoms with Gasteiger partial charge in [-0.2, -0.15) is 28.1 Å². The van der Waals surface area contributed by atoms with Crippen LogP contribution in [0.25, 0.3) is 32.9 Å². The molecule has 0 bridgehead atoms. The van der Waals surface area contributed by atoms with E-state index >= 15 is 4.39 Å². The molecule has 9 rings (SSSR count). The molecular formula is C41H43F5N8O2. The molecule has 1 N–H and O–H groups in total. The minimum Gasteiger partial charge on any atom is -0.481 e. The zero-order chi connectivity index (χ0) is 39.6. The number of terminal acetylenes is 1. The SMILES string of the molecule is C#Cc1c(F)ccc2cccc(-c3nc4c5c(nc(OCC67CCCN6CCC7)nc5c3F)N3CCNCC3CC4)c12.CC.COc1ccnc(C(F)(F)F)n1. The molecule has 1 atom stereocenters. The molecule has 0 spiro atoms. The third-order valence-electron chi connectivity index (χ3n) is 10.9. The van der Waals surface area contributed by atoms with Gasteiger partial charge in [-0.15, -0.1) is 6.42 Å². The van der Waals surface area contributed by atoms with Gasteiger partial charge >= 0.3 is 12.2 Å². The second-order valence-electron chi connectivity index (χ2n) is 14.0. The van der Waals surface area contributed by atoms with E-state index < -0.39 is 23.6 Å². The molecule has 4 aliphatic heterocycles. The van der Waals surface area contributed by atoms with Crippen molar-refractivity contribution < 1.29 is 31.4 Å². The van der Waals surface area contributed by atoms with Crippen molar-refractivity contribution >= 4 is 27.5 Å². The van der Waals surface area contributed by atoms with Crippen LogP contribution < -0.4 is 19.7 Å². The Morgan fingerprint density at radius 3 is 2.50 bits per heavy atom. The number of fused-ring (bicyclic) bond motifs is 4. The van der Waals surface area contributed by atoms with E-state index in [1.807, 2.05) is 26.0 Å². The number of ether oxygens (including phenoxy) is 2. The molecule has 3 aromatic heterocycles.